The van der Waals surface area contributed by atoms with Gasteiger partial charge in [0.2, 0.25) is 0 Å². The van der Waals surface area contributed by atoms with Crippen LogP contribution in [-0.4, -0.2) is 19.8 Å². The molecule has 0 saturated heterocycles. The summed E-state index contributed by atoms with van der Waals surface area (Å²) in [6.07, 6.45) is 0. The van der Waals surface area contributed by atoms with Crippen molar-refractivity contribution < 1.29 is 0 Å². The van der Waals surface area contributed by atoms with Gasteiger partial charge >= 0.3 is 0 Å². The molecule has 0 unspecified atom stereocenters. The van der Waals surface area contributed by atoms with Gasteiger partial charge in [-0.15, -0.1) is 0 Å². The number of nitrogens with one attached hydrogen (secondary N) is 2. The van der Waals surface area contributed by atoms with Gasteiger partial charge in [0.05, 0.1) is 0 Å². The average Bonchev–Trinajstić information content (AvgIpc) is 2.45. The first-order chi connectivity index (χ1) is 7.13. The fourth-order valence-electron chi connectivity index (χ4n) is 1.86. The van der Waals surface area contributed by atoms with Crippen molar-refractivity contribution in [3.63, 3.8) is 0 Å². The molecule has 1 rings (SSSR count). The largest absolute Gasteiger partial charge is 0.301 e. The van der Waals surface area contributed by atoms with Gasteiger partial charge < -0.3 is 10.6 Å². The van der Waals surface area contributed by atoms with E-state index in [9.17, 15) is 0 Å². The average molecular weight is 212 g/mol. The van der Waals surface area contributed by atoms with Crippen LogP contribution in [0.4, 0.5) is 0 Å². The van der Waals surface area contributed by atoms with Gasteiger partial charge in [0.15, 0.2) is 0 Å². The zero-order valence-corrected chi connectivity index (χ0v) is 11.3. The Morgan fingerprint density at radius 1 is 0.800 bits per heavy atom. The van der Waals surface area contributed by atoms with Crippen LogP contribution < -0.4 is 10.6 Å². The van der Waals surface area contributed by atoms with Crippen molar-refractivity contribution in [3.05, 3.63) is 11.1 Å². The maximum Gasteiger partial charge on any atom is 0.0459 e. The van der Waals surface area contributed by atoms with Gasteiger partial charge in [-0.2, -0.15) is 0 Å². The summed E-state index contributed by atoms with van der Waals surface area (Å²) in [7, 11) is 0. The molecule has 0 spiro atoms. The molecule has 90 valence electrons. The lowest BCUT2D eigenvalue weighted by molar-refractivity contribution is 0.633. The smallest absolute Gasteiger partial charge is 0.0459 e. The molecule has 1 aliphatic rings. The highest BCUT2D eigenvalue weighted by molar-refractivity contribution is 5.21. The predicted molar refractivity (Wildman–Crippen MR) is 68.9 cm³/mol. The third-order valence-corrected chi connectivity index (χ3v) is 2.69. The molecule has 15 heavy (non-hydrogen) atoms. The summed E-state index contributed by atoms with van der Waals surface area (Å²) in [6, 6.07) is 0. The highest BCUT2D eigenvalue weighted by Gasteiger charge is 2.15. The Morgan fingerprint density at radius 3 is 1.40 bits per heavy atom. The molecule has 0 bridgehead atoms. The topological polar surface area (TPSA) is 24.1 Å². The molecule has 2 N–H and O–H groups in total. The van der Waals surface area contributed by atoms with Crippen molar-refractivity contribution in [2.24, 2.45) is 11.8 Å². The molecule has 0 amide bonds. The van der Waals surface area contributed by atoms with Crippen LogP contribution in [0.2, 0.25) is 0 Å². The number of hydrogen-bond donors (Lipinski definition) is 2. The van der Waals surface area contributed by atoms with E-state index in [1.165, 1.54) is 0 Å². The Kier molecular flexibility index (Phi) is 7.71. The van der Waals surface area contributed by atoms with E-state index in [0.717, 1.165) is 19.8 Å². The summed E-state index contributed by atoms with van der Waals surface area (Å²) in [5.41, 5.74) is 3.19. The lowest BCUT2D eigenvalue weighted by Gasteiger charge is -2.18. The van der Waals surface area contributed by atoms with E-state index in [-0.39, 0.29) is 0 Å². The van der Waals surface area contributed by atoms with Crippen LogP contribution >= 0.6 is 0 Å². The quantitative estimate of drug-likeness (QED) is 0.688. The van der Waals surface area contributed by atoms with E-state index in [2.05, 4.69) is 38.3 Å². The second-order valence-corrected chi connectivity index (χ2v) is 4.39. The van der Waals surface area contributed by atoms with E-state index < -0.39 is 0 Å². The van der Waals surface area contributed by atoms with Crippen molar-refractivity contribution in [2.75, 3.05) is 19.8 Å². The summed E-state index contributed by atoms with van der Waals surface area (Å²) in [6.45, 7) is 16.2. The summed E-state index contributed by atoms with van der Waals surface area (Å²) in [5, 5.41) is 6.79. The van der Waals surface area contributed by atoms with Crippen LogP contribution in [0.1, 0.15) is 41.5 Å². The van der Waals surface area contributed by atoms with Gasteiger partial charge in [-0.05, 0) is 11.8 Å². The van der Waals surface area contributed by atoms with E-state index in [4.69, 9.17) is 0 Å². The van der Waals surface area contributed by atoms with Crippen molar-refractivity contribution in [1.82, 2.24) is 10.6 Å². The van der Waals surface area contributed by atoms with Crippen molar-refractivity contribution in [3.8, 4) is 0 Å². The molecule has 0 aromatic carbocycles. The van der Waals surface area contributed by atoms with Crippen LogP contribution in [0.15, 0.2) is 11.1 Å². The van der Waals surface area contributed by atoms with E-state index in [0.29, 0.717) is 11.8 Å². The maximum absolute atomic E-state index is 3.39. The van der Waals surface area contributed by atoms with Crippen molar-refractivity contribution in [1.29, 1.82) is 0 Å². The first kappa shape index (κ1) is 14.7. The highest BCUT2D eigenvalue weighted by Crippen LogP contribution is 2.21. The monoisotopic (exact) mass is 212 g/mol. The highest BCUT2D eigenvalue weighted by atomic mass is 15.1. The molecular formula is C13H28N2. The van der Waals surface area contributed by atoms with Crippen LogP contribution in [0.3, 0.4) is 0 Å². The Hall–Kier alpha value is -0.340. The van der Waals surface area contributed by atoms with Crippen LogP contribution in [0.25, 0.3) is 0 Å². The molecular weight excluding hydrogens is 184 g/mol. The molecule has 2 heteroatoms. The first-order valence-corrected chi connectivity index (χ1v) is 6.26. The second kappa shape index (κ2) is 7.89. The van der Waals surface area contributed by atoms with E-state index in [1.807, 2.05) is 13.8 Å². The second-order valence-electron chi connectivity index (χ2n) is 4.39. The minimum absolute atomic E-state index is 0.671. The molecule has 0 aromatic rings. The summed E-state index contributed by atoms with van der Waals surface area (Å²) >= 11 is 0. The van der Waals surface area contributed by atoms with Gasteiger partial charge in [0.25, 0.3) is 0 Å². The molecule has 0 fully saturated rings. The fourth-order valence-corrected chi connectivity index (χ4v) is 1.86. The zero-order chi connectivity index (χ0) is 11.8. The minimum Gasteiger partial charge on any atom is -0.301 e. The lowest BCUT2D eigenvalue weighted by Crippen LogP contribution is -2.27. The molecule has 0 radical (unpaired) electrons. The predicted octanol–water partition coefficient (Wildman–Crippen LogP) is 2.77. The molecule has 2 nitrogen and oxygen atoms in total. The van der Waals surface area contributed by atoms with E-state index in [1.54, 1.807) is 11.1 Å². The molecule has 1 heterocycles. The summed E-state index contributed by atoms with van der Waals surface area (Å²) < 4.78 is 0. The van der Waals surface area contributed by atoms with Crippen LogP contribution in [0, 0.1) is 11.8 Å². The standard InChI is InChI=1S/C11H22N2.C2H6/c1-8(2)10-5-12-7-13-6-11(10)9(3)4;1-2/h8-9,12-13H,5-7H2,1-4H3;1-2H3. The van der Waals surface area contributed by atoms with Gasteiger partial charge in [0, 0.05) is 19.8 Å². The van der Waals surface area contributed by atoms with Gasteiger partial charge in [-0.25, -0.2) is 0 Å². The number of hydrogen-bond acceptors (Lipinski definition) is 2. The SMILES string of the molecule is CC.CC(C)C1=C(C(C)C)CNCNC1. The molecule has 0 saturated carbocycles. The Bertz CT molecular complexity index is 173. The third-order valence-electron chi connectivity index (χ3n) is 2.69. The maximum atomic E-state index is 3.39. The van der Waals surface area contributed by atoms with Gasteiger partial charge in [-0.3, -0.25) is 0 Å². The summed E-state index contributed by atoms with van der Waals surface area (Å²) in [5.74, 6) is 1.34. The fraction of sp³-hybridized carbons (Fsp3) is 0.846. The Labute approximate surface area is 95.5 Å². The first-order valence-electron chi connectivity index (χ1n) is 6.26. The minimum atomic E-state index is 0.671. The third kappa shape index (κ3) is 4.80. The normalized spacial score (nSPS) is 17.6. The summed E-state index contributed by atoms with van der Waals surface area (Å²) in [4.78, 5) is 0. The van der Waals surface area contributed by atoms with E-state index >= 15 is 0 Å². The van der Waals surface area contributed by atoms with Gasteiger partial charge in [0.1, 0.15) is 0 Å². The van der Waals surface area contributed by atoms with Gasteiger partial charge in [-0.1, -0.05) is 52.7 Å². The Balaban J connectivity index is 0.000000921. The van der Waals surface area contributed by atoms with Crippen molar-refractivity contribution in [2.45, 2.75) is 41.5 Å². The van der Waals surface area contributed by atoms with Crippen molar-refractivity contribution >= 4 is 0 Å². The van der Waals surface area contributed by atoms with Crippen LogP contribution in [-0.2, 0) is 0 Å². The molecule has 1 aliphatic heterocycles. The molecule has 0 aromatic heterocycles. The lowest BCUT2D eigenvalue weighted by atomic mass is 9.91. The number of rotatable bonds is 2. The Morgan fingerprint density at radius 2 is 1.13 bits per heavy atom. The molecule has 0 aliphatic carbocycles. The zero-order valence-electron chi connectivity index (χ0n) is 11.3. The molecule has 0 atom stereocenters. The van der Waals surface area contributed by atoms with Crippen LogP contribution in [0.5, 0.6) is 0 Å².